The van der Waals surface area contributed by atoms with Gasteiger partial charge in [-0.3, -0.25) is 0 Å². The molecule has 0 saturated carbocycles. The molecule has 0 atom stereocenters. The Morgan fingerprint density at radius 2 is 1.41 bits per heavy atom. The molecule has 2 nitrogen and oxygen atoms in total. The lowest BCUT2D eigenvalue weighted by Crippen LogP contribution is -2.37. The van der Waals surface area contributed by atoms with E-state index in [1.165, 1.54) is 70.9 Å². The number of aryl methyl sites for hydroxylation is 3. The van der Waals surface area contributed by atoms with Crippen LogP contribution in [-0.2, 0) is 7.05 Å². The zero-order valence-corrected chi connectivity index (χ0v) is 21.7. The minimum absolute atomic E-state index is 1.31. The lowest BCUT2D eigenvalue weighted by atomic mass is 9.93. The van der Waals surface area contributed by atoms with E-state index in [-0.39, 0.29) is 0 Å². The Balaban J connectivity index is 1.96. The molecule has 3 heterocycles. The molecular formula is C31H29N2Si+. The lowest BCUT2D eigenvalue weighted by molar-refractivity contribution is -0.643. The molecule has 0 aliphatic carbocycles. The van der Waals surface area contributed by atoms with Crippen LogP contribution in [0.5, 0.6) is 0 Å². The van der Waals surface area contributed by atoms with Gasteiger partial charge in [0.1, 0.15) is 7.05 Å². The molecule has 7 aromatic rings. The highest BCUT2D eigenvalue weighted by Crippen LogP contribution is 2.43. The average molecular weight is 458 g/mol. The summed E-state index contributed by atoms with van der Waals surface area (Å²) in [6.07, 6.45) is 2.23. The van der Waals surface area contributed by atoms with E-state index in [2.05, 4.69) is 116 Å². The maximum absolute atomic E-state index is 2.60. The zero-order valence-electron chi connectivity index (χ0n) is 20.7. The normalized spacial score (nSPS) is 13.0. The van der Waals surface area contributed by atoms with Crippen molar-refractivity contribution in [1.82, 2.24) is 4.40 Å². The van der Waals surface area contributed by atoms with Crippen LogP contribution in [0.4, 0.5) is 0 Å². The summed E-state index contributed by atoms with van der Waals surface area (Å²) in [6, 6.07) is 22.9. The van der Waals surface area contributed by atoms with Crippen molar-refractivity contribution >= 4 is 73.0 Å². The van der Waals surface area contributed by atoms with E-state index in [0.29, 0.717) is 0 Å². The summed E-state index contributed by atoms with van der Waals surface area (Å²) < 4.78 is 4.94. The Kier molecular flexibility index (Phi) is 3.74. The van der Waals surface area contributed by atoms with Gasteiger partial charge in [0.15, 0.2) is 6.20 Å². The van der Waals surface area contributed by atoms with Gasteiger partial charge in [-0.25, -0.2) is 4.57 Å². The molecule has 0 radical (unpaired) electrons. The van der Waals surface area contributed by atoms with E-state index in [1.807, 2.05) is 0 Å². The van der Waals surface area contributed by atoms with Gasteiger partial charge in [0, 0.05) is 16.8 Å². The molecule has 166 valence electrons. The number of fused-ring (bicyclic) bond motifs is 7. The monoisotopic (exact) mass is 457 g/mol. The molecule has 0 bridgehead atoms. The summed E-state index contributed by atoms with van der Waals surface area (Å²) >= 11 is 0. The molecule has 0 aliphatic rings. The molecule has 0 unspecified atom stereocenters. The van der Waals surface area contributed by atoms with Gasteiger partial charge in [-0.05, 0) is 47.2 Å². The molecule has 3 aromatic heterocycles. The van der Waals surface area contributed by atoms with Crippen LogP contribution in [0.1, 0.15) is 11.1 Å². The third-order valence-electron chi connectivity index (χ3n) is 8.02. The maximum atomic E-state index is 2.60. The first kappa shape index (κ1) is 20.0. The molecule has 0 saturated heterocycles. The van der Waals surface area contributed by atoms with Crippen LogP contribution in [0.25, 0.3) is 59.8 Å². The minimum atomic E-state index is -1.55. The van der Waals surface area contributed by atoms with Crippen molar-refractivity contribution < 1.29 is 4.57 Å². The SMILES string of the molecule is Cc1c2ccccc2c(C)c2c1c1c3c(ccc4c5c([Si](C)(C)C)cccc5n2c43)cc[n+]1C. The predicted octanol–water partition coefficient (Wildman–Crippen LogP) is 7.13. The topological polar surface area (TPSA) is 8.29 Å². The quantitative estimate of drug-likeness (QED) is 0.107. The van der Waals surface area contributed by atoms with Crippen molar-refractivity contribution in [1.29, 1.82) is 0 Å². The van der Waals surface area contributed by atoms with Crippen molar-refractivity contribution in [2.24, 2.45) is 7.05 Å². The van der Waals surface area contributed by atoms with Gasteiger partial charge >= 0.3 is 0 Å². The smallest absolute Gasteiger partial charge is 0.224 e. The van der Waals surface area contributed by atoms with E-state index >= 15 is 0 Å². The summed E-state index contributed by atoms with van der Waals surface area (Å²) in [5.41, 5.74) is 8.14. The van der Waals surface area contributed by atoms with Gasteiger partial charge in [0.05, 0.1) is 35.4 Å². The van der Waals surface area contributed by atoms with Gasteiger partial charge in [0.2, 0.25) is 5.52 Å². The van der Waals surface area contributed by atoms with E-state index < -0.39 is 8.07 Å². The Hall–Kier alpha value is -3.43. The molecule has 0 spiro atoms. The van der Waals surface area contributed by atoms with Crippen molar-refractivity contribution in [3.05, 3.63) is 78.0 Å². The summed E-state index contributed by atoms with van der Waals surface area (Å²) in [5.74, 6) is 0. The Bertz CT molecular complexity index is 1970. The molecule has 0 N–H and O–H groups in total. The van der Waals surface area contributed by atoms with Crippen molar-refractivity contribution in [3.63, 3.8) is 0 Å². The predicted molar refractivity (Wildman–Crippen MR) is 150 cm³/mol. The number of benzene rings is 4. The number of hydrogen-bond acceptors (Lipinski definition) is 0. The largest absolute Gasteiger partial charge is 0.307 e. The number of pyridine rings is 2. The van der Waals surface area contributed by atoms with Crippen LogP contribution >= 0.6 is 0 Å². The fourth-order valence-electron chi connectivity index (χ4n) is 6.49. The number of aromatic nitrogens is 2. The van der Waals surface area contributed by atoms with E-state index in [0.717, 1.165) is 0 Å². The van der Waals surface area contributed by atoms with Crippen molar-refractivity contribution in [2.75, 3.05) is 0 Å². The molecule has 4 aromatic carbocycles. The van der Waals surface area contributed by atoms with Crippen LogP contribution in [0, 0.1) is 13.8 Å². The molecule has 3 heteroatoms. The number of nitrogens with zero attached hydrogens (tertiary/aromatic N) is 2. The molecule has 0 amide bonds. The van der Waals surface area contributed by atoms with E-state index in [1.54, 1.807) is 5.19 Å². The standard InChI is InChI=1S/C31H29N2Si/c1-18-21-10-7-8-11-22(21)19(2)29-26(18)31-27-20(16-17-32(31)3)14-15-23-28-24(33(29)30(23)27)12-9-13-25(28)34(4,5)6/h7-17H,1-6H3/q+1. The summed E-state index contributed by atoms with van der Waals surface area (Å²) in [7, 11) is 0.647. The van der Waals surface area contributed by atoms with Crippen molar-refractivity contribution in [2.45, 2.75) is 33.5 Å². The summed E-state index contributed by atoms with van der Waals surface area (Å²) in [5, 5.41) is 11.2. The zero-order chi connectivity index (χ0) is 23.5. The van der Waals surface area contributed by atoms with Gasteiger partial charge in [-0.1, -0.05) is 73.4 Å². The van der Waals surface area contributed by atoms with Gasteiger partial charge in [-0.15, -0.1) is 0 Å². The van der Waals surface area contributed by atoms with Crippen molar-refractivity contribution in [3.8, 4) is 0 Å². The summed E-state index contributed by atoms with van der Waals surface area (Å²) in [4.78, 5) is 0. The average Bonchev–Trinajstić information content (AvgIpc) is 3.16. The Morgan fingerprint density at radius 3 is 2.15 bits per heavy atom. The Labute approximate surface area is 200 Å². The van der Waals surface area contributed by atoms with Gasteiger partial charge in [0.25, 0.3) is 0 Å². The second-order valence-corrected chi connectivity index (χ2v) is 16.0. The molecule has 7 rings (SSSR count). The first-order valence-corrected chi connectivity index (χ1v) is 15.7. The second-order valence-electron chi connectivity index (χ2n) is 11.0. The van der Waals surface area contributed by atoms with Crippen LogP contribution < -0.4 is 9.75 Å². The minimum Gasteiger partial charge on any atom is -0.307 e. The third kappa shape index (κ3) is 2.28. The second kappa shape index (κ2) is 6.37. The van der Waals surface area contributed by atoms with Crippen LogP contribution in [0.3, 0.4) is 0 Å². The third-order valence-corrected chi connectivity index (χ3v) is 10.1. The Morgan fingerprint density at radius 1 is 0.676 bits per heavy atom. The fraction of sp³-hybridized carbons (Fsp3) is 0.194. The lowest BCUT2D eigenvalue weighted by Gasteiger charge is -2.18. The van der Waals surface area contributed by atoms with Crippen LogP contribution in [0.2, 0.25) is 19.6 Å². The highest BCUT2D eigenvalue weighted by atomic mass is 28.3. The molecule has 0 aliphatic heterocycles. The first-order valence-electron chi connectivity index (χ1n) is 12.2. The number of rotatable bonds is 1. The molecular weight excluding hydrogens is 428 g/mol. The van der Waals surface area contributed by atoms with E-state index in [4.69, 9.17) is 0 Å². The highest BCUT2D eigenvalue weighted by molar-refractivity contribution is 6.90. The van der Waals surface area contributed by atoms with E-state index in [9.17, 15) is 0 Å². The molecule has 34 heavy (non-hydrogen) atoms. The molecule has 0 fully saturated rings. The maximum Gasteiger partial charge on any atom is 0.224 e. The van der Waals surface area contributed by atoms with Gasteiger partial charge in [-0.2, -0.15) is 0 Å². The van der Waals surface area contributed by atoms with Gasteiger partial charge < -0.3 is 4.40 Å². The highest BCUT2D eigenvalue weighted by Gasteiger charge is 2.28. The fourth-order valence-corrected chi connectivity index (χ4v) is 8.10. The van der Waals surface area contributed by atoms with Crippen LogP contribution in [0.15, 0.2) is 66.9 Å². The van der Waals surface area contributed by atoms with Crippen LogP contribution in [-0.4, -0.2) is 12.5 Å². The summed E-state index contributed by atoms with van der Waals surface area (Å²) in [6.45, 7) is 12.0. The number of hydrogen-bond donors (Lipinski definition) is 0. The first-order chi connectivity index (χ1) is 16.3.